The number of piperazine rings is 1. The average Bonchev–Trinajstić information content (AvgIpc) is 3.15. The van der Waals surface area contributed by atoms with Gasteiger partial charge in [-0.15, -0.1) is 0 Å². The number of aromatic nitrogens is 2. The molecule has 1 atom stereocenters. The molecule has 0 saturated carbocycles. The summed E-state index contributed by atoms with van der Waals surface area (Å²) in [6, 6.07) is 9.87. The Morgan fingerprint density at radius 3 is 2.35 bits per heavy atom. The molecule has 1 aromatic carbocycles. The largest absolute Gasteiger partial charge is 0.363 e. The third-order valence-electron chi connectivity index (χ3n) is 6.00. The molecule has 2 saturated heterocycles. The first-order valence-electron chi connectivity index (χ1n) is 10.8. The SMILES string of the molecule is Cc1ccc(N2CC(C(=O)N3CCN(c4cc(N(C)C)nc(C)n4)CC3)CC2=O)cc1. The van der Waals surface area contributed by atoms with Gasteiger partial charge in [-0.05, 0) is 26.0 Å². The van der Waals surface area contributed by atoms with Crippen LogP contribution in [0.3, 0.4) is 0 Å². The highest BCUT2D eigenvalue weighted by atomic mass is 16.2. The lowest BCUT2D eigenvalue weighted by atomic mass is 10.1. The van der Waals surface area contributed by atoms with E-state index in [0.717, 1.165) is 41.8 Å². The Balaban J connectivity index is 1.38. The van der Waals surface area contributed by atoms with Crippen molar-refractivity contribution in [1.29, 1.82) is 0 Å². The number of aryl methyl sites for hydroxylation is 2. The minimum atomic E-state index is -0.276. The van der Waals surface area contributed by atoms with Crippen LogP contribution in [0.15, 0.2) is 30.3 Å². The molecule has 0 N–H and O–H groups in total. The van der Waals surface area contributed by atoms with Crippen LogP contribution in [-0.2, 0) is 9.59 Å². The average molecular weight is 423 g/mol. The molecule has 2 aromatic rings. The number of benzene rings is 1. The maximum Gasteiger partial charge on any atom is 0.228 e. The van der Waals surface area contributed by atoms with Crippen molar-refractivity contribution in [3.63, 3.8) is 0 Å². The lowest BCUT2D eigenvalue weighted by molar-refractivity contribution is -0.136. The number of rotatable bonds is 4. The highest BCUT2D eigenvalue weighted by molar-refractivity contribution is 6.00. The Morgan fingerprint density at radius 2 is 1.71 bits per heavy atom. The maximum absolute atomic E-state index is 13.1. The van der Waals surface area contributed by atoms with Crippen LogP contribution in [0.4, 0.5) is 17.3 Å². The van der Waals surface area contributed by atoms with E-state index in [2.05, 4.69) is 14.9 Å². The van der Waals surface area contributed by atoms with E-state index in [4.69, 9.17) is 0 Å². The first kappa shape index (κ1) is 21.1. The first-order valence-corrected chi connectivity index (χ1v) is 10.8. The number of carbonyl (C=O) groups excluding carboxylic acids is 2. The highest BCUT2D eigenvalue weighted by Crippen LogP contribution is 2.27. The summed E-state index contributed by atoms with van der Waals surface area (Å²) in [6.07, 6.45) is 0.282. The number of nitrogens with zero attached hydrogens (tertiary/aromatic N) is 6. The van der Waals surface area contributed by atoms with Crippen LogP contribution in [-0.4, -0.2) is 73.5 Å². The fraction of sp³-hybridized carbons (Fsp3) is 0.478. The van der Waals surface area contributed by atoms with Crippen molar-refractivity contribution in [3.8, 4) is 0 Å². The standard InChI is InChI=1S/C23H30N6O2/c1-16-5-7-19(8-6-16)29-15-18(13-22(29)30)23(31)28-11-9-27(10-12-28)21-14-20(26(3)4)24-17(2)25-21/h5-8,14,18H,9-13,15H2,1-4H3. The summed E-state index contributed by atoms with van der Waals surface area (Å²) >= 11 is 0. The molecule has 8 nitrogen and oxygen atoms in total. The molecule has 0 radical (unpaired) electrons. The van der Waals surface area contributed by atoms with Crippen molar-refractivity contribution >= 4 is 29.1 Å². The molecule has 1 aromatic heterocycles. The van der Waals surface area contributed by atoms with Crippen molar-refractivity contribution < 1.29 is 9.59 Å². The summed E-state index contributed by atoms with van der Waals surface area (Å²) in [4.78, 5) is 42.5. The van der Waals surface area contributed by atoms with E-state index in [1.807, 2.05) is 68.1 Å². The molecule has 4 rings (SSSR count). The van der Waals surface area contributed by atoms with Crippen LogP contribution in [0.5, 0.6) is 0 Å². The zero-order valence-electron chi connectivity index (χ0n) is 18.7. The third-order valence-corrected chi connectivity index (χ3v) is 6.00. The molecule has 2 aliphatic rings. The van der Waals surface area contributed by atoms with E-state index >= 15 is 0 Å². The van der Waals surface area contributed by atoms with Gasteiger partial charge in [-0.25, -0.2) is 9.97 Å². The molecule has 31 heavy (non-hydrogen) atoms. The molecule has 0 aliphatic carbocycles. The van der Waals surface area contributed by atoms with Crippen molar-refractivity contribution in [2.45, 2.75) is 20.3 Å². The summed E-state index contributed by atoms with van der Waals surface area (Å²) in [5, 5.41) is 0. The van der Waals surface area contributed by atoms with E-state index in [9.17, 15) is 9.59 Å². The molecule has 2 amide bonds. The molecule has 2 aliphatic heterocycles. The molecule has 8 heteroatoms. The lowest BCUT2D eigenvalue weighted by Crippen LogP contribution is -2.51. The Hall–Kier alpha value is -3.16. The van der Waals surface area contributed by atoms with E-state index in [-0.39, 0.29) is 24.2 Å². The van der Waals surface area contributed by atoms with Crippen molar-refractivity contribution in [1.82, 2.24) is 14.9 Å². The summed E-state index contributed by atoms with van der Waals surface area (Å²) in [5.74, 6) is 2.33. The van der Waals surface area contributed by atoms with Crippen molar-refractivity contribution in [2.75, 3.05) is 61.5 Å². The molecule has 1 unspecified atom stereocenters. The van der Waals surface area contributed by atoms with E-state index in [1.165, 1.54) is 0 Å². The quantitative estimate of drug-likeness (QED) is 0.749. The number of hydrogen-bond donors (Lipinski definition) is 0. The van der Waals surface area contributed by atoms with Gasteiger partial charge in [-0.2, -0.15) is 0 Å². The van der Waals surface area contributed by atoms with Gasteiger partial charge in [-0.3, -0.25) is 9.59 Å². The van der Waals surface area contributed by atoms with Crippen LogP contribution in [0.2, 0.25) is 0 Å². The second kappa shape index (κ2) is 8.53. The maximum atomic E-state index is 13.1. The summed E-state index contributed by atoms with van der Waals surface area (Å²) in [6.45, 7) is 7.08. The second-order valence-corrected chi connectivity index (χ2v) is 8.58. The number of hydrogen-bond acceptors (Lipinski definition) is 6. The molecular formula is C23H30N6O2. The Morgan fingerprint density at radius 1 is 1.03 bits per heavy atom. The Labute approximate surface area is 183 Å². The van der Waals surface area contributed by atoms with E-state index in [1.54, 1.807) is 4.90 Å². The van der Waals surface area contributed by atoms with Crippen molar-refractivity contribution in [3.05, 3.63) is 41.7 Å². The van der Waals surface area contributed by atoms with Gasteiger partial charge in [0.25, 0.3) is 0 Å². The van der Waals surface area contributed by atoms with Gasteiger partial charge in [-0.1, -0.05) is 17.7 Å². The third kappa shape index (κ3) is 4.47. The van der Waals surface area contributed by atoms with Gasteiger partial charge in [0, 0.05) is 65.0 Å². The Kier molecular flexibility index (Phi) is 5.80. The van der Waals surface area contributed by atoms with Crippen LogP contribution in [0, 0.1) is 19.8 Å². The predicted octanol–water partition coefficient (Wildman–Crippen LogP) is 1.86. The molecule has 2 fully saturated rings. The van der Waals surface area contributed by atoms with Gasteiger partial charge >= 0.3 is 0 Å². The monoisotopic (exact) mass is 422 g/mol. The number of carbonyl (C=O) groups is 2. The number of anilines is 3. The van der Waals surface area contributed by atoms with Crippen LogP contribution < -0.4 is 14.7 Å². The molecule has 3 heterocycles. The molecule has 0 bridgehead atoms. The summed E-state index contributed by atoms with van der Waals surface area (Å²) in [5.41, 5.74) is 2.02. The normalized spacial score (nSPS) is 19.2. The smallest absolute Gasteiger partial charge is 0.228 e. The number of amides is 2. The fourth-order valence-corrected chi connectivity index (χ4v) is 4.19. The highest BCUT2D eigenvalue weighted by Gasteiger charge is 2.38. The van der Waals surface area contributed by atoms with Gasteiger partial charge in [0.15, 0.2) is 0 Å². The fourth-order valence-electron chi connectivity index (χ4n) is 4.19. The van der Waals surface area contributed by atoms with Crippen LogP contribution >= 0.6 is 0 Å². The van der Waals surface area contributed by atoms with Crippen LogP contribution in [0.1, 0.15) is 17.8 Å². The zero-order chi connectivity index (χ0) is 22.1. The minimum Gasteiger partial charge on any atom is -0.363 e. The van der Waals surface area contributed by atoms with E-state index < -0.39 is 0 Å². The van der Waals surface area contributed by atoms with Gasteiger partial charge in [0.2, 0.25) is 11.8 Å². The second-order valence-electron chi connectivity index (χ2n) is 8.58. The molecule has 0 spiro atoms. The Bertz CT molecular complexity index is 967. The summed E-state index contributed by atoms with van der Waals surface area (Å²) < 4.78 is 0. The van der Waals surface area contributed by atoms with Crippen LogP contribution in [0.25, 0.3) is 0 Å². The summed E-state index contributed by atoms with van der Waals surface area (Å²) in [7, 11) is 3.93. The molecule has 164 valence electrons. The van der Waals surface area contributed by atoms with Crippen molar-refractivity contribution in [2.24, 2.45) is 5.92 Å². The first-order chi connectivity index (χ1) is 14.8. The zero-order valence-corrected chi connectivity index (χ0v) is 18.7. The van der Waals surface area contributed by atoms with Gasteiger partial charge < -0.3 is 19.6 Å². The van der Waals surface area contributed by atoms with Gasteiger partial charge in [0.1, 0.15) is 17.5 Å². The van der Waals surface area contributed by atoms with Gasteiger partial charge in [0.05, 0.1) is 5.92 Å². The topological polar surface area (TPSA) is 72.9 Å². The lowest BCUT2D eigenvalue weighted by Gasteiger charge is -2.36. The van der Waals surface area contributed by atoms with E-state index in [0.29, 0.717) is 19.6 Å². The predicted molar refractivity (Wildman–Crippen MR) is 122 cm³/mol. The minimum absolute atomic E-state index is 0.0218. The molecular weight excluding hydrogens is 392 g/mol.